The molecular formula is C18H25N3OS. The van der Waals surface area contributed by atoms with Crippen LogP contribution in [-0.2, 0) is 0 Å². The Morgan fingerprint density at radius 2 is 2.26 bits per heavy atom. The summed E-state index contributed by atoms with van der Waals surface area (Å²) in [4.78, 5) is 21.9. The number of hydrogen-bond acceptors (Lipinski definition) is 4. The molecule has 1 atom stereocenters. The van der Waals surface area contributed by atoms with E-state index in [0.29, 0.717) is 6.04 Å². The normalized spacial score (nSPS) is 18.7. The Labute approximate surface area is 142 Å². The maximum absolute atomic E-state index is 12.9. The van der Waals surface area contributed by atoms with Crippen molar-refractivity contribution in [2.75, 3.05) is 26.2 Å². The van der Waals surface area contributed by atoms with Crippen LogP contribution in [0.2, 0.25) is 0 Å². The minimum Gasteiger partial charge on any atom is -0.337 e. The number of hydrogen-bond donors (Lipinski definition) is 0. The third kappa shape index (κ3) is 3.40. The SMILES string of the molecule is CCN(CC1CCCN1CC)C(=O)c1ccc2nc(C)sc2c1. The van der Waals surface area contributed by atoms with Crippen LogP contribution in [0.3, 0.4) is 0 Å². The lowest BCUT2D eigenvalue weighted by Crippen LogP contribution is -2.42. The van der Waals surface area contributed by atoms with Crippen LogP contribution in [0.1, 0.15) is 42.1 Å². The van der Waals surface area contributed by atoms with E-state index in [2.05, 4.69) is 23.7 Å². The Kier molecular flexibility index (Phi) is 4.97. The van der Waals surface area contributed by atoms with Crippen molar-refractivity contribution in [3.8, 4) is 0 Å². The van der Waals surface area contributed by atoms with Crippen molar-refractivity contribution >= 4 is 27.5 Å². The van der Waals surface area contributed by atoms with Crippen LogP contribution >= 0.6 is 11.3 Å². The van der Waals surface area contributed by atoms with E-state index in [4.69, 9.17) is 0 Å². The molecule has 23 heavy (non-hydrogen) atoms. The number of rotatable bonds is 5. The zero-order chi connectivity index (χ0) is 16.4. The lowest BCUT2D eigenvalue weighted by Gasteiger charge is -2.29. The number of amides is 1. The van der Waals surface area contributed by atoms with Crippen LogP contribution in [0.25, 0.3) is 10.2 Å². The molecule has 0 saturated carbocycles. The number of aromatic nitrogens is 1. The maximum atomic E-state index is 12.9. The average molecular weight is 331 g/mol. The van der Waals surface area contributed by atoms with Gasteiger partial charge in [0.15, 0.2) is 0 Å². The summed E-state index contributed by atoms with van der Waals surface area (Å²) >= 11 is 1.65. The summed E-state index contributed by atoms with van der Waals surface area (Å²) in [5.74, 6) is 0.142. The number of thiazole rings is 1. The Morgan fingerprint density at radius 1 is 1.43 bits per heavy atom. The number of fused-ring (bicyclic) bond motifs is 1. The fraction of sp³-hybridized carbons (Fsp3) is 0.556. The molecule has 3 rings (SSSR count). The van der Waals surface area contributed by atoms with Gasteiger partial charge in [0, 0.05) is 24.7 Å². The zero-order valence-electron chi connectivity index (χ0n) is 14.2. The molecule has 1 aliphatic heterocycles. The van der Waals surface area contributed by atoms with E-state index < -0.39 is 0 Å². The van der Waals surface area contributed by atoms with Crippen molar-refractivity contribution in [2.45, 2.75) is 39.7 Å². The van der Waals surface area contributed by atoms with Gasteiger partial charge < -0.3 is 4.90 Å². The molecule has 0 aliphatic carbocycles. The highest BCUT2D eigenvalue weighted by Gasteiger charge is 2.27. The molecule has 124 valence electrons. The van der Waals surface area contributed by atoms with Crippen LogP contribution in [0, 0.1) is 6.92 Å². The van der Waals surface area contributed by atoms with Crippen molar-refractivity contribution in [1.29, 1.82) is 0 Å². The van der Waals surface area contributed by atoms with Crippen molar-refractivity contribution in [3.63, 3.8) is 0 Å². The van der Waals surface area contributed by atoms with Crippen molar-refractivity contribution < 1.29 is 4.79 Å². The molecule has 0 bridgehead atoms. The molecule has 5 heteroatoms. The van der Waals surface area contributed by atoms with Crippen LogP contribution in [0.4, 0.5) is 0 Å². The smallest absolute Gasteiger partial charge is 0.253 e. The van der Waals surface area contributed by atoms with Gasteiger partial charge >= 0.3 is 0 Å². The van der Waals surface area contributed by atoms with E-state index in [0.717, 1.165) is 40.4 Å². The molecule has 4 nitrogen and oxygen atoms in total. The summed E-state index contributed by atoms with van der Waals surface area (Å²) in [5, 5.41) is 1.04. The Hall–Kier alpha value is -1.46. The highest BCUT2D eigenvalue weighted by Crippen LogP contribution is 2.24. The first-order chi connectivity index (χ1) is 11.1. The monoisotopic (exact) mass is 331 g/mol. The van der Waals surface area contributed by atoms with E-state index in [1.54, 1.807) is 11.3 Å². The average Bonchev–Trinajstić information content (AvgIpc) is 3.15. The number of carbonyl (C=O) groups excluding carboxylic acids is 1. The number of likely N-dealkylation sites (N-methyl/N-ethyl adjacent to an activating group) is 2. The van der Waals surface area contributed by atoms with E-state index in [1.165, 1.54) is 19.4 Å². The Balaban J connectivity index is 1.77. The molecule has 1 unspecified atom stereocenters. The molecule has 0 radical (unpaired) electrons. The first kappa shape index (κ1) is 16.4. The molecule has 1 amide bonds. The lowest BCUT2D eigenvalue weighted by atomic mass is 10.1. The third-order valence-electron chi connectivity index (χ3n) is 4.75. The summed E-state index contributed by atoms with van der Waals surface area (Å²) in [5.41, 5.74) is 1.77. The standard InChI is InChI=1S/C18H25N3OS/c1-4-20-10-6-7-15(20)12-21(5-2)18(22)14-8-9-16-17(11-14)23-13(3)19-16/h8-9,11,15H,4-7,10,12H2,1-3H3. The summed E-state index contributed by atoms with van der Waals surface area (Å²) in [6.45, 7) is 10.1. The predicted octanol–water partition coefficient (Wildman–Crippen LogP) is 3.55. The fourth-order valence-corrected chi connectivity index (χ4v) is 4.35. The summed E-state index contributed by atoms with van der Waals surface area (Å²) < 4.78 is 1.10. The molecule has 2 aromatic rings. The summed E-state index contributed by atoms with van der Waals surface area (Å²) in [6.07, 6.45) is 2.45. The van der Waals surface area contributed by atoms with Gasteiger partial charge in [0.05, 0.1) is 15.2 Å². The quantitative estimate of drug-likeness (QED) is 0.841. The zero-order valence-corrected chi connectivity index (χ0v) is 15.0. The third-order valence-corrected chi connectivity index (χ3v) is 5.68. The first-order valence-electron chi connectivity index (χ1n) is 8.53. The van der Waals surface area contributed by atoms with Gasteiger partial charge in [0.25, 0.3) is 5.91 Å². The number of likely N-dealkylation sites (tertiary alicyclic amines) is 1. The molecule has 1 aliphatic rings. The maximum Gasteiger partial charge on any atom is 0.253 e. The van der Waals surface area contributed by atoms with Gasteiger partial charge in [-0.15, -0.1) is 11.3 Å². The van der Waals surface area contributed by atoms with E-state index in [1.807, 2.05) is 30.0 Å². The molecule has 0 N–H and O–H groups in total. The van der Waals surface area contributed by atoms with Crippen LogP contribution in [0.15, 0.2) is 18.2 Å². The number of nitrogens with zero attached hydrogens (tertiary/aromatic N) is 3. The molecule has 1 fully saturated rings. The molecule has 1 saturated heterocycles. The van der Waals surface area contributed by atoms with E-state index in [-0.39, 0.29) is 5.91 Å². The second kappa shape index (κ2) is 6.97. The van der Waals surface area contributed by atoms with Crippen LogP contribution < -0.4 is 0 Å². The molecule has 1 aromatic heterocycles. The van der Waals surface area contributed by atoms with E-state index in [9.17, 15) is 4.79 Å². The van der Waals surface area contributed by atoms with Gasteiger partial charge in [0.1, 0.15) is 0 Å². The minimum atomic E-state index is 0.142. The lowest BCUT2D eigenvalue weighted by molar-refractivity contribution is 0.0718. The predicted molar refractivity (Wildman–Crippen MR) is 96.2 cm³/mol. The van der Waals surface area contributed by atoms with Gasteiger partial charge in [-0.25, -0.2) is 4.98 Å². The van der Waals surface area contributed by atoms with Crippen molar-refractivity contribution in [3.05, 3.63) is 28.8 Å². The number of benzene rings is 1. The summed E-state index contributed by atoms with van der Waals surface area (Å²) in [6, 6.07) is 6.39. The van der Waals surface area contributed by atoms with Crippen molar-refractivity contribution in [1.82, 2.24) is 14.8 Å². The fourth-order valence-electron chi connectivity index (χ4n) is 3.48. The summed E-state index contributed by atoms with van der Waals surface area (Å²) in [7, 11) is 0. The molecular weight excluding hydrogens is 306 g/mol. The number of aryl methyl sites for hydroxylation is 1. The second-order valence-corrected chi connectivity index (χ2v) is 7.42. The van der Waals surface area contributed by atoms with Gasteiger partial charge in [-0.3, -0.25) is 9.69 Å². The van der Waals surface area contributed by atoms with Crippen molar-refractivity contribution in [2.24, 2.45) is 0 Å². The molecule has 2 heterocycles. The highest BCUT2D eigenvalue weighted by molar-refractivity contribution is 7.18. The van der Waals surface area contributed by atoms with Gasteiger partial charge in [-0.05, 0) is 58.0 Å². The first-order valence-corrected chi connectivity index (χ1v) is 9.34. The largest absolute Gasteiger partial charge is 0.337 e. The van der Waals surface area contributed by atoms with Gasteiger partial charge in [-0.2, -0.15) is 0 Å². The molecule has 1 aromatic carbocycles. The Morgan fingerprint density at radius 3 is 3.00 bits per heavy atom. The van der Waals surface area contributed by atoms with Gasteiger partial charge in [-0.1, -0.05) is 6.92 Å². The Bertz CT molecular complexity index is 697. The minimum absolute atomic E-state index is 0.142. The topological polar surface area (TPSA) is 36.4 Å². The number of carbonyl (C=O) groups is 1. The highest BCUT2D eigenvalue weighted by atomic mass is 32.1. The van der Waals surface area contributed by atoms with Gasteiger partial charge in [0.2, 0.25) is 0 Å². The van der Waals surface area contributed by atoms with E-state index >= 15 is 0 Å². The van der Waals surface area contributed by atoms with Crippen LogP contribution in [-0.4, -0.2) is 52.9 Å². The molecule has 0 spiro atoms. The second-order valence-electron chi connectivity index (χ2n) is 6.18. The van der Waals surface area contributed by atoms with Crippen LogP contribution in [0.5, 0.6) is 0 Å².